The molecule has 1 aromatic heterocycles. The SMILES string of the molecule is COc1c(-c2cc(N)n[nH]2)cccc1C(C)(F)F. The monoisotopic (exact) mass is 253 g/mol. The Balaban J connectivity index is 2.62. The minimum atomic E-state index is -2.98. The number of nitrogens with two attached hydrogens (primary N) is 1. The molecule has 0 bridgehead atoms. The average Bonchev–Trinajstić information content (AvgIpc) is 2.73. The van der Waals surface area contributed by atoms with Crippen molar-refractivity contribution in [2.45, 2.75) is 12.8 Å². The molecule has 0 aliphatic rings. The summed E-state index contributed by atoms with van der Waals surface area (Å²) in [5.74, 6) is -2.57. The van der Waals surface area contributed by atoms with Crippen LogP contribution in [0.15, 0.2) is 24.3 Å². The number of halogens is 2. The van der Waals surface area contributed by atoms with E-state index in [4.69, 9.17) is 10.5 Å². The molecule has 3 N–H and O–H groups in total. The third kappa shape index (κ3) is 2.13. The molecule has 0 saturated heterocycles. The Morgan fingerprint density at radius 2 is 2.11 bits per heavy atom. The van der Waals surface area contributed by atoms with Crippen molar-refractivity contribution in [2.24, 2.45) is 0 Å². The minimum Gasteiger partial charge on any atom is -0.496 e. The van der Waals surface area contributed by atoms with Crippen molar-refractivity contribution >= 4 is 5.82 Å². The maximum atomic E-state index is 13.5. The van der Waals surface area contributed by atoms with Crippen LogP contribution < -0.4 is 10.5 Å². The van der Waals surface area contributed by atoms with Crippen molar-refractivity contribution in [3.8, 4) is 17.0 Å². The summed E-state index contributed by atoms with van der Waals surface area (Å²) in [6, 6.07) is 6.11. The summed E-state index contributed by atoms with van der Waals surface area (Å²) in [6.45, 7) is 0.829. The lowest BCUT2D eigenvalue weighted by Crippen LogP contribution is -2.09. The van der Waals surface area contributed by atoms with Gasteiger partial charge in [0.15, 0.2) is 0 Å². The largest absolute Gasteiger partial charge is 0.496 e. The Morgan fingerprint density at radius 3 is 2.61 bits per heavy atom. The van der Waals surface area contributed by atoms with Gasteiger partial charge in [-0.15, -0.1) is 0 Å². The zero-order valence-corrected chi connectivity index (χ0v) is 10.00. The van der Waals surface area contributed by atoms with E-state index in [1.54, 1.807) is 18.2 Å². The number of benzene rings is 1. The van der Waals surface area contributed by atoms with Gasteiger partial charge in [-0.25, -0.2) is 8.78 Å². The lowest BCUT2D eigenvalue weighted by atomic mass is 10.0. The Morgan fingerprint density at radius 1 is 1.39 bits per heavy atom. The number of rotatable bonds is 3. The number of hydrogen-bond acceptors (Lipinski definition) is 3. The van der Waals surface area contributed by atoms with Crippen LogP contribution in [0.25, 0.3) is 11.3 Å². The van der Waals surface area contributed by atoms with Crippen molar-refractivity contribution < 1.29 is 13.5 Å². The minimum absolute atomic E-state index is 0.119. The Labute approximate surface area is 103 Å². The molecule has 0 saturated carbocycles. The van der Waals surface area contributed by atoms with Crippen LogP contribution in [0.2, 0.25) is 0 Å². The standard InChI is InChI=1S/C12H13F2N3O/c1-12(13,14)8-5-3-4-7(11(8)18-2)9-6-10(15)17-16-9/h3-6H,1-2H3,(H3,15,16,17). The van der Waals surface area contributed by atoms with Crippen LogP contribution in [0.1, 0.15) is 12.5 Å². The number of hydrogen-bond donors (Lipinski definition) is 2. The van der Waals surface area contributed by atoms with Crippen LogP contribution >= 0.6 is 0 Å². The number of H-pyrrole nitrogens is 1. The lowest BCUT2D eigenvalue weighted by molar-refractivity contribution is 0.0151. The molecule has 1 aromatic carbocycles. The van der Waals surface area contributed by atoms with Crippen molar-refractivity contribution in [3.05, 3.63) is 29.8 Å². The number of aromatic nitrogens is 2. The first-order valence-electron chi connectivity index (χ1n) is 5.30. The molecular formula is C12H13F2N3O. The number of methoxy groups -OCH3 is 1. The summed E-state index contributed by atoms with van der Waals surface area (Å²) in [4.78, 5) is 0. The summed E-state index contributed by atoms with van der Waals surface area (Å²) in [7, 11) is 1.35. The van der Waals surface area contributed by atoms with Gasteiger partial charge in [-0.05, 0) is 12.1 Å². The number of nitrogens with zero attached hydrogens (tertiary/aromatic N) is 1. The smallest absolute Gasteiger partial charge is 0.274 e. The number of nitrogens with one attached hydrogen (secondary N) is 1. The second-order valence-corrected chi connectivity index (χ2v) is 3.98. The Kier molecular flexibility index (Phi) is 2.94. The van der Waals surface area contributed by atoms with E-state index in [0.717, 1.165) is 6.92 Å². The van der Waals surface area contributed by atoms with E-state index in [0.29, 0.717) is 17.1 Å². The molecule has 2 rings (SSSR count). The highest BCUT2D eigenvalue weighted by Crippen LogP contribution is 2.40. The normalized spacial score (nSPS) is 11.6. The van der Waals surface area contributed by atoms with Crippen LogP contribution in [0.3, 0.4) is 0 Å². The summed E-state index contributed by atoms with van der Waals surface area (Å²) >= 11 is 0. The Bertz CT molecular complexity index is 561. The first-order chi connectivity index (χ1) is 8.43. The molecule has 96 valence electrons. The predicted octanol–water partition coefficient (Wildman–Crippen LogP) is 2.78. The number of nitrogen functional groups attached to an aromatic ring is 1. The van der Waals surface area contributed by atoms with Gasteiger partial charge >= 0.3 is 0 Å². The molecule has 6 heteroatoms. The van der Waals surface area contributed by atoms with Gasteiger partial charge in [-0.3, -0.25) is 5.10 Å². The molecule has 2 aromatic rings. The molecule has 0 spiro atoms. The van der Waals surface area contributed by atoms with E-state index < -0.39 is 5.92 Å². The van der Waals surface area contributed by atoms with Gasteiger partial charge in [0.25, 0.3) is 5.92 Å². The second-order valence-electron chi connectivity index (χ2n) is 3.98. The lowest BCUT2D eigenvalue weighted by Gasteiger charge is -2.17. The third-order valence-corrected chi connectivity index (χ3v) is 2.58. The van der Waals surface area contributed by atoms with E-state index in [-0.39, 0.29) is 11.3 Å². The summed E-state index contributed by atoms with van der Waals surface area (Å²) in [6.07, 6.45) is 0. The van der Waals surface area contributed by atoms with Crippen molar-refractivity contribution in [3.63, 3.8) is 0 Å². The highest BCUT2D eigenvalue weighted by molar-refractivity contribution is 5.71. The Hall–Kier alpha value is -2.11. The molecule has 4 nitrogen and oxygen atoms in total. The molecule has 0 aliphatic heterocycles. The molecule has 0 unspecified atom stereocenters. The van der Waals surface area contributed by atoms with Crippen LogP contribution in [0, 0.1) is 0 Å². The molecule has 18 heavy (non-hydrogen) atoms. The van der Waals surface area contributed by atoms with Gasteiger partial charge in [0, 0.05) is 18.6 Å². The van der Waals surface area contributed by atoms with Gasteiger partial charge in [-0.1, -0.05) is 6.07 Å². The fraction of sp³-hybridized carbons (Fsp3) is 0.250. The van der Waals surface area contributed by atoms with Gasteiger partial charge in [0.05, 0.1) is 18.4 Å². The average molecular weight is 253 g/mol. The maximum Gasteiger partial charge on any atom is 0.274 e. The fourth-order valence-corrected chi connectivity index (χ4v) is 1.79. The molecule has 0 radical (unpaired) electrons. The first kappa shape index (κ1) is 12.3. The molecule has 1 heterocycles. The number of para-hydroxylation sites is 1. The van der Waals surface area contributed by atoms with Crippen molar-refractivity contribution in [2.75, 3.05) is 12.8 Å². The zero-order valence-electron chi connectivity index (χ0n) is 10.00. The zero-order chi connectivity index (χ0) is 13.3. The molecule has 0 fully saturated rings. The number of alkyl halides is 2. The number of aromatic amines is 1. The highest BCUT2D eigenvalue weighted by atomic mass is 19.3. The van der Waals surface area contributed by atoms with Crippen LogP contribution in [0.4, 0.5) is 14.6 Å². The van der Waals surface area contributed by atoms with E-state index in [1.807, 2.05) is 0 Å². The van der Waals surface area contributed by atoms with Crippen molar-refractivity contribution in [1.29, 1.82) is 0 Å². The number of ether oxygens (including phenoxy) is 1. The predicted molar refractivity (Wildman–Crippen MR) is 64.6 cm³/mol. The summed E-state index contributed by atoms with van der Waals surface area (Å²) < 4.78 is 32.0. The molecule has 0 amide bonds. The van der Waals surface area contributed by atoms with Gasteiger partial charge in [-0.2, -0.15) is 5.10 Å². The van der Waals surface area contributed by atoms with E-state index >= 15 is 0 Å². The van der Waals surface area contributed by atoms with Crippen LogP contribution in [0.5, 0.6) is 5.75 Å². The summed E-state index contributed by atoms with van der Waals surface area (Å²) in [5.41, 5.74) is 6.37. The van der Waals surface area contributed by atoms with Gasteiger partial charge in [0.1, 0.15) is 11.6 Å². The van der Waals surface area contributed by atoms with Crippen LogP contribution in [-0.2, 0) is 5.92 Å². The maximum absolute atomic E-state index is 13.5. The second kappa shape index (κ2) is 4.29. The summed E-state index contributed by atoms with van der Waals surface area (Å²) in [5, 5.41) is 6.45. The van der Waals surface area contributed by atoms with E-state index in [9.17, 15) is 8.78 Å². The van der Waals surface area contributed by atoms with E-state index in [1.165, 1.54) is 13.2 Å². The third-order valence-electron chi connectivity index (χ3n) is 2.58. The topological polar surface area (TPSA) is 63.9 Å². The quantitative estimate of drug-likeness (QED) is 0.884. The fourth-order valence-electron chi connectivity index (χ4n) is 1.79. The molecule has 0 atom stereocenters. The molecular weight excluding hydrogens is 240 g/mol. The number of anilines is 1. The highest BCUT2D eigenvalue weighted by Gasteiger charge is 2.30. The van der Waals surface area contributed by atoms with Gasteiger partial charge < -0.3 is 10.5 Å². The first-order valence-corrected chi connectivity index (χ1v) is 5.30. The van der Waals surface area contributed by atoms with E-state index in [2.05, 4.69) is 10.2 Å². The van der Waals surface area contributed by atoms with Gasteiger partial charge in [0.2, 0.25) is 0 Å². The van der Waals surface area contributed by atoms with Crippen LogP contribution in [-0.4, -0.2) is 17.3 Å². The van der Waals surface area contributed by atoms with Crippen molar-refractivity contribution in [1.82, 2.24) is 10.2 Å². The molecule has 0 aliphatic carbocycles.